The number of unbranched alkanes of at least 4 members (excludes halogenated alkanes) is 4. The Labute approximate surface area is 129 Å². The Kier molecular flexibility index (Phi) is 6.87. The zero-order chi connectivity index (χ0) is 14.9. The topological polar surface area (TPSA) is 38.5 Å². The van der Waals surface area contributed by atoms with Gasteiger partial charge in [-0.3, -0.25) is 0 Å². The number of rotatable bonds is 8. The van der Waals surface area contributed by atoms with E-state index in [9.17, 15) is 0 Å². The normalized spacial score (nSPS) is 16.0. The van der Waals surface area contributed by atoms with Gasteiger partial charge in [-0.05, 0) is 25.0 Å². The molecule has 1 heterocycles. The highest BCUT2D eigenvalue weighted by atomic mass is 16.5. The second-order valence-electron chi connectivity index (χ2n) is 5.96. The Morgan fingerprint density at radius 1 is 1.19 bits per heavy atom. The number of anilines is 1. The van der Waals surface area contributed by atoms with E-state index in [-0.39, 0.29) is 0 Å². The van der Waals surface area contributed by atoms with Crippen LogP contribution in [0, 0.1) is 0 Å². The molecule has 0 aromatic heterocycles. The van der Waals surface area contributed by atoms with Crippen LogP contribution in [-0.4, -0.2) is 25.7 Å². The number of fused-ring (bicyclic) bond motifs is 1. The quantitative estimate of drug-likeness (QED) is 0.736. The first-order valence-corrected chi connectivity index (χ1v) is 8.55. The van der Waals surface area contributed by atoms with Crippen LogP contribution in [0.25, 0.3) is 0 Å². The fourth-order valence-corrected chi connectivity index (χ4v) is 3.12. The molecular weight excluding hydrogens is 260 g/mol. The monoisotopic (exact) mass is 290 g/mol. The molecule has 2 rings (SSSR count). The molecular formula is C18H30N2O. The van der Waals surface area contributed by atoms with Crippen LogP contribution >= 0.6 is 0 Å². The number of hydrogen-bond acceptors (Lipinski definition) is 3. The van der Waals surface area contributed by atoms with Gasteiger partial charge in [0.1, 0.15) is 5.75 Å². The largest absolute Gasteiger partial charge is 0.491 e. The van der Waals surface area contributed by atoms with Crippen LogP contribution in [0.1, 0.15) is 51.9 Å². The Morgan fingerprint density at radius 3 is 2.81 bits per heavy atom. The van der Waals surface area contributed by atoms with E-state index < -0.39 is 0 Å². The number of para-hydroxylation sites is 2. The first-order valence-electron chi connectivity index (χ1n) is 8.55. The van der Waals surface area contributed by atoms with Crippen molar-refractivity contribution in [2.45, 2.75) is 57.9 Å². The summed E-state index contributed by atoms with van der Waals surface area (Å²) in [6.07, 6.45) is 8.88. The van der Waals surface area contributed by atoms with Crippen molar-refractivity contribution in [1.29, 1.82) is 0 Å². The molecule has 0 aliphatic carbocycles. The van der Waals surface area contributed by atoms with Gasteiger partial charge in [0.15, 0.2) is 0 Å². The summed E-state index contributed by atoms with van der Waals surface area (Å²) < 4.78 is 5.85. The van der Waals surface area contributed by atoms with Gasteiger partial charge in [-0.15, -0.1) is 0 Å². The van der Waals surface area contributed by atoms with Crippen LogP contribution in [0.4, 0.5) is 5.69 Å². The zero-order valence-electron chi connectivity index (χ0n) is 13.4. The van der Waals surface area contributed by atoms with Crippen LogP contribution in [0.3, 0.4) is 0 Å². The molecule has 1 aromatic carbocycles. The molecule has 1 aromatic rings. The van der Waals surface area contributed by atoms with E-state index >= 15 is 0 Å². The zero-order valence-corrected chi connectivity index (χ0v) is 13.4. The van der Waals surface area contributed by atoms with Gasteiger partial charge in [0.25, 0.3) is 0 Å². The molecule has 3 heteroatoms. The fraction of sp³-hybridized carbons (Fsp3) is 0.667. The highest BCUT2D eigenvalue weighted by Crippen LogP contribution is 2.32. The van der Waals surface area contributed by atoms with Crippen molar-refractivity contribution in [3.8, 4) is 5.75 Å². The van der Waals surface area contributed by atoms with Gasteiger partial charge in [0.05, 0.1) is 12.3 Å². The van der Waals surface area contributed by atoms with E-state index in [2.05, 4.69) is 30.0 Å². The molecule has 21 heavy (non-hydrogen) atoms. The molecule has 1 aliphatic heterocycles. The number of nitrogens with two attached hydrogens (primary N) is 1. The second kappa shape index (κ2) is 8.93. The molecule has 0 bridgehead atoms. The highest BCUT2D eigenvalue weighted by molar-refractivity contribution is 5.59. The van der Waals surface area contributed by atoms with Gasteiger partial charge < -0.3 is 15.4 Å². The van der Waals surface area contributed by atoms with E-state index in [1.807, 2.05) is 6.07 Å². The minimum Gasteiger partial charge on any atom is -0.491 e. The fourth-order valence-electron chi connectivity index (χ4n) is 3.12. The van der Waals surface area contributed by atoms with E-state index in [1.54, 1.807) is 0 Å². The summed E-state index contributed by atoms with van der Waals surface area (Å²) in [5, 5.41) is 0. The molecule has 0 radical (unpaired) electrons. The van der Waals surface area contributed by atoms with Crippen molar-refractivity contribution < 1.29 is 4.74 Å². The van der Waals surface area contributed by atoms with Crippen molar-refractivity contribution in [3.05, 3.63) is 24.3 Å². The van der Waals surface area contributed by atoms with Crippen LogP contribution in [0.5, 0.6) is 5.75 Å². The third-order valence-electron chi connectivity index (χ3n) is 4.33. The molecule has 1 atom stereocenters. The summed E-state index contributed by atoms with van der Waals surface area (Å²) in [6.45, 7) is 4.84. The molecule has 0 fully saturated rings. The lowest BCUT2D eigenvalue weighted by Gasteiger charge is -2.32. The maximum atomic E-state index is 6.07. The van der Waals surface area contributed by atoms with E-state index in [0.29, 0.717) is 6.04 Å². The molecule has 0 saturated heterocycles. The minimum atomic E-state index is 0.439. The van der Waals surface area contributed by atoms with Gasteiger partial charge in [-0.1, -0.05) is 51.2 Å². The second-order valence-corrected chi connectivity index (χ2v) is 5.96. The SMILES string of the molecule is CCCCCCCC(CN)N1CCCOc2ccccc21. The minimum absolute atomic E-state index is 0.439. The Morgan fingerprint density at radius 2 is 2.00 bits per heavy atom. The summed E-state index contributed by atoms with van der Waals surface area (Å²) in [7, 11) is 0. The summed E-state index contributed by atoms with van der Waals surface area (Å²) >= 11 is 0. The van der Waals surface area contributed by atoms with Crippen molar-refractivity contribution in [1.82, 2.24) is 0 Å². The number of ether oxygens (including phenoxy) is 1. The first-order chi connectivity index (χ1) is 10.4. The predicted octanol–water partition coefficient (Wildman–Crippen LogP) is 3.96. The molecule has 1 aliphatic rings. The van der Waals surface area contributed by atoms with E-state index in [1.165, 1.54) is 44.2 Å². The molecule has 3 nitrogen and oxygen atoms in total. The molecule has 2 N–H and O–H groups in total. The average Bonchev–Trinajstić information content (AvgIpc) is 2.74. The third kappa shape index (κ3) is 4.63. The van der Waals surface area contributed by atoms with Crippen molar-refractivity contribution in [2.75, 3.05) is 24.6 Å². The number of benzene rings is 1. The standard InChI is InChI=1S/C18H30N2O/c1-2-3-4-5-6-10-16(15-19)20-13-9-14-21-18-12-8-7-11-17(18)20/h7-8,11-12,16H,2-6,9-10,13-15,19H2,1H3. The lowest BCUT2D eigenvalue weighted by molar-refractivity contribution is 0.322. The highest BCUT2D eigenvalue weighted by Gasteiger charge is 2.22. The lowest BCUT2D eigenvalue weighted by Crippen LogP contribution is -2.41. The Hall–Kier alpha value is -1.22. The van der Waals surface area contributed by atoms with Gasteiger partial charge in [0.2, 0.25) is 0 Å². The predicted molar refractivity (Wildman–Crippen MR) is 90.1 cm³/mol. The van der Waals surface area contributed by atoms with Crippen LogP contribution in [0.2, 0.25) is 0 Å². The van der Waals surface area contributed by atoms with Crippen LogP contribution in [0.15, 0.2) is 24.3 Å². The number of hydrogen-bond donors (Lipinski definition) is 1. The Balaban J connectivity index is 1.97. The van der Waals surface area contributed by atoms with Gasteiger partial charge in [-0.25, -0.2) is 0 Å². The van der Waals surface area contributed by atoms with Crippen molar-refractivity contribution in [3.63, 3.8) is 0 Å². The molecule has 1 unspecified atom stereocenters. The summed E-state index contributed by atoms with van der Waals surface area (Å²) in [4.78, 5) is 2.47. The van der Waals surface area contributed by atoms with Gasteiger partial charge in [0, 0.05) is 19.1 Å². The average molecular weight is 290 g/mol. The molecule has 0 saturated carbocycles. The maximum Gasteiger partial charge on any atom is 0.142 e. The van der Waals surface area contributed by atoms with Crippen LogP contribution < -0.4 is 15.4 Å². The number of nitrogens with zero attached hydrogens (tertiary/aromatic N) is 1. The summed E-state index contributed by atoms with van der Waals surface area (Å²) in [5.41, 5.74) is 7.29. The van der Waals surface area contributed by atoms with E-state index in [0.717, 1.165) is 31.9 Å². The Bertz CT molecular complexity index is 408. The maximum absolute atomic E-state index is 6.07. The van der Waals surface area contributed by atoms with Gasteiger partial charge in [-0.2, -0.15) is 0 Å². The lowest BCUT2D eigenvalue weighted by atomic mass is 10.0. The molecule has 0 spiro atoms. The smallest absolute Gasteiger partial charge is 0.142 e. The van der Waals surface area contributed by atoms with Crippen molar-refractivity contribution in [2.24, 2.45) is 5.73 Å². The third-order valence-corrected chi connectivity index (χ3v) is 4.33. The van der Waals surface area contributed by atoms with Crippen molar-refractivity contribution >= 4 is 5.69 Å². The molecule has 118 valence electrons. The van der Waals surface area contributed by atoms with Crippen LogP contribution in [-0.2, 0) is 0 Å². The first kappa shape index (κ1) is 16.2. The summed E-state index contributed by atoms with van der Waals surface area (Å²) in [6, 6.07) is 8.82. The van der Waals surface area contributed by atoms with E-state index in [4.69, 9.17) is 10.5 Å². The van der Waals surface area contributed by atoms with Gasteiger partial charge >= 0.3 is 0 Å². The molecule has 0 amide bonds. The summed E-state index contributed by atoms with van der Waals surface area (Å²) in [5.74, 6) is 1.01.